The van der Waals surface area contributed by atoms with Gasteiger partial charge in [-0.25, -0.2) is 0 Å². The van der Waals surface area contributed by atoms with Crippen LogP contribution in [0.15, 0.2) is 48.5 Å². The fourth-order valence-corrected chi connectivity index (χ4v) is 5.15. The zero-order valence-corrected chi connectivity index (χ0v) is 18.3. The first-order valence-electron chi connectivity index (χ1n) is 11.0. The van der Waals surface area contributed by atoms with Gasteiger partial charge in [0.15, 0.2) is 11.5 Å². The van der Waals surface area contributed by atoms with Crippen LogP contribution in [0.2, 0.25) is 0 Å². The van der Waals surface area contributed by atoms with Crippen molar-refractivity contribution in [2.75, 3.05) is 27.3 Å². The van der Waals surface area contributed by atoms with E-state index in [0.717, 1.165) is 16.7 Å². The van der Waals surface area contributed by atoms with Crippen molar-refractivity contribution in [3.63, 3.8) is 0 Å². The van der Waals surface area contributed by atoms with E-state index in [9.17, 15) is 9.90 Å². The van der Waals surface area contributed by atoms with Crippen molar-refractivity contribution in [1.82, 2.24) is 9.88 Å². The van der Waals surface area contributed by atoms with Gasteiger partial charge in [0.2, 0.25) is 0 Å². The Bertz CT molecular complexity index is 1130. The lowest BCUT2D eigenvalue weighted by atomic mass is 9.78. The third-order valence-electron chi connectivity index (χ3n) is 6.79. The van der Waals surface area contributed by atoms with E-state index in [1.807, 2.05) is 53.4 Å². The van der Waals surface area contributed by atoms with Gasteiger partial charge in [-0.15, -0.1) is 0 Å². The lowest BCUT2D eigenvalue weighted by Gasteiger charge is -2.35. The molecule has 0 spiro atoms. The number of aromatic nitrogens is 1. The highest BCUT2D eigenvalue weighted by atomic mass is 16.5. The first-order chi connectivity index (χ1) is 15.6. The highest BCUT2D eigenvalue weighted by Gasteiger charge is 2.44. The summed E-state index contributed by atoms with van der Waals surface area (Å²) in [6, 6.07) is 15.1. The summed E-state index contributed by atoms with van der Waals surface area (Å²) in [6.45, 7) is 1.31. The number of carbonyl (C=O) groups excluding carboxylic acids is 1. The number of carbonyl (C=O) groups is 1. The highest BCUT2D eigenvalue weighted by Crippen LogP contribution is 2.40. The number of rotatable bonds is 5. The van der Waals surface area contributed by atoms with Gasteiger partial charge in [-0.05, 0) is 55.0 Å². The number of ether oxygens (including phenoxy) is 3. The summed E-state index contributed by atoms with van der Waals surface area (Å²) in [5.74, 6) is 2.57. The molecule has 2 fully saturated rings. The highest BCUT2D eigenvalue weighted by molar-refractivity contribution is 5.99. The molecule has 4 atom stereocenters. The predicted octanol–water partition coefficient (Wildman–Crippen LogP) is 3.48. The number of fused-ring (bicyclic) bond motifs is 2. The van der Waals surface area contributed by atoms with Gasteiger partial charge < -0.3 is 29.2 Å². The summed E-state index contributed by atoms with van der Waals surface area (Å²) in [5.41, 5.74) is 1.44. The Kier molecular flexibility index (Phi) is 5.43. The lowest BCUT2D eigenvalue weighted by molar-refractivity contribution is -0.0240. The number of H-pyrrole nitrogens is 1. The largest absolute Gasteiger partial charge is 0.496 e. The topological polar surface area (TPSA) is 84.0 Å². The van der Waals surface area contributed by atoms with Crippen molar-refractivity contribution in [2.24, 2.45) is 11.8 Å². The molecule has 0 unspecified atom stereocenters. The molecule has 2 aliphatic rings. The van der Waals surface area contributed by atoms with E-state index >= 15 is 0 Å². The smallest absolute Gasteiger partial charge is 0.270 e. The molecule has 7 heteroatoms. The number of para-hydroxylation sites is 2. The summed E-state index contributed by atoms with van der Waals surface area (Å²) in [4.78, 5) is 18.4. The molecule has 5 rings (SSSR count). The third-order valence-corrected chi connectivity index (χ3v) is 6.79. The summed E-state index contributed by atoms with van der Waals surface area (Å²) in [5, 5.41) is 11.6. The second-order valence-corrected chi connectivity index (χ2v) is 8.68. The minimum atomic E-state index is -0.575. The van der Waals surface area contributed by atoms with Crippen LogP contribution in [0.3, 0.4) is 0 Å². The van der Waals surface area contributed by atoms with E-state index in [4.69, 9.17) is 14.2 Å². The van der Waals surface area contributed by atoms with Crippen LogP contribution in [0.25, 0.3) is 10.9 Å². The summed E-state index contributed by atoms with van der Waals surface area (Å²) in [6.07, 6.45) is 0.427. The molecule has 7 nitrogen and oxygen atoms in total. The van der Waals surface area contributed by atoms with Gasteiger partial charge in [-0.3, -0.25) is 4.79 Å². The molecule has 2 heterocycles. The molecule has 2 aromatic carbocycles. The van der Waals surface area contributed by atoms with Crippen molar-refractivity contribution >= 4 is 16.8 Å². The van der Waals surface area contributed by atoms with Crippen LogP contribution in [0.4, 0.5) is 0 Å². The molecule has 0 bridgehead atoms. The zero-order valence-electron chi connectivity index (χ0n) is 18.3. The van der Waals surface area contributed by atoms with Crippen LogP contribution in [-0.2, 0) is 0 Å². The van der Waals surface area contributed by atoms with Crippen molar-refractivity contribution in [3.8, 4) is 17.2 Å². The SMILES string of the molecule is COc1ccccc1O[C@@H]1C[C@@H]2CN(C(=O)c3cc4c(OC)cccc4[nH]3)C[C@@H]2C[C@H]1O. The lowest BCUT2D eigenvalue weighted by Crippen LogP contribution is -2.42. The van der Waals surface area contributed by atoms with E-state index in [2.05, 4.69) is 4.98 Å². The normalized spacial score (nSPS) is 24.9. The predicted molar refractivity (Wildman–Crippen MR) is 120 cm³/mol. The molecule has 1 amide bonds. The average molecular weight is 437 g/mol. The average Bonchev–Trinajstić information content (AvgIpc) is 3.43. The molecule has 1 aromatic heterocycles. The quantitative estimate of drug-likeness (QED) is 0.640. The van der Waals surface area contributed by atoms with Crippen molar-refractivity contribution in [1.29, 1.82) is 0 Å². The maximum atomic E-state index is 13.2. The molecule has 1 saturated carbocycles. The van der Waals surface area contributed by atoms with Crippen LogP contribution in [0.1, 0.15) is 23.3 Å². The summed E-state index contributed by atoms with van der Waals surface area (Å²) >= 11 is 0. The minimum Gasteiger partial charge on any atom is -0.496 e. The number of aliphatic hydroxyl groups excluding tert-OH is 1. The van der Waals surface area contributed by atoms with Crippen molar-refractivity contribution in [3.05, 3.63) is 54.2 Å². The second kappa shape index (κ2) is 8.39. The minimum absolute atomic E-state index is 0.0191. The number of nitrogens with zero attached hydrogens (tertiary/aromatic N) is 1. The van der Waals surface area contributed by atoms with Gasteiger partial charge in [0.1, 0.15) is 17.5 Å². The third kappa shape index (κ3) is 3.66. The number of likely N-dealkylation sites (tertiary alicyclic amines) is 1. The number of amides is 1. The van der Waals surface area contributed by atoms with Crippen LogP contribution in [0.5, 0.6) is 17.2 Å². The van der Waals surface area contributed by atoms with Crippen LogP contribution >= 0.6 is 0 Å². The molecular weight excluding hydrogens is 408 g/mol. The van der Waals surface area contributed by atoms with Gasteiger partial charge >= 0.3 is 0 Å². The Balaban J connectivity index is 1.30. The molecular formula is C25H28N2O5. The molecule has 168 valence electrons. The molecule has 1 saturated heterocycles. The first-order valence-corrected chi connectivity index (χ1v) is 11.0. The van der Waals surface area contributed by atoms with Crippen LogP contribution in [-0.4, -0.2) is 60.4 Å². The first kappa shape index (κ1) is 20.7. The van der Waals surface area contributed by atoms with E-state index in [1.54, 1.807) is 14.2 Å². The van der Waals surface area contributed by atoms with E-state index in [0.29, 0.717) is 49.0 Å². The number of benzene rings is 2. The number of aromatic amines is 1. The van der Waals surface area contributed by atoms with E-state index in [-0.39, 0.29) is 17.9 Å². The Hall–Kier alpha value is -3.19. The Morgan fingerprint density at radius 2 is 1.66 bits per heavy atom. The summed E-state index contributed by atoms with van der Waals surface area (Å²) < 4.78 is 16.9. The maximum absolute atomic E-state index is 13.2. The number of aliphatic hydroxyl groups is 1. The summed E-state index contributed by atoms with van der Waals surface area (Å²) in [7, 11) is 3.23. The van der Waals surface area contributed by atoms with Gasteiger partial charge in [0.25, 0.3) is 5.91 Å². The van der Waals surface area contributed by atoms with E-state index < -0.39 is 6.10 Å². The molecule has 1 aliphatic heterocycles. The van der Waals surface area contributed by atoms with E-state index in [1.165, 1.54) is 0 Å². The van der Waals surface area contributed by atoms with Gasteiger partial charge in [0, 0.05) is 24.0 Å². The Labute approximate surface area is 186 Å². The van der Waals surface area contributed by atoms with Crippen LogP contribution in [0, 0.1) is 11.8 Å². The Morgan fingerprint density at radius 3 is 2.41 bits per heavy atom. The fourth-order valence-electron chi connectivity index (χ4n) is 5.15. The second-order valence-electron chi connectivity index (χ2n) is 8.68. The molecule has 3 aromatic rings. The zero-order chi connectivity index (χ0) is 22.2. The monoisotopic (exact) mass is 436 g/mol. The van der Waals surface area contributed by atoms with Crippen molar-refractivity contribution < 1.29 is 24.1 Å². The fraction of sp³-hybridized carbons (Fsp3) is 0.400. The number of nitrogens with one attached hydrogen (secondary N) is 1. The molecule has 0 radical (unpaired) electrons. The Morgan fingerprint density at radius 1 is 0.969 bits per heavy atom. The molecule has 2 N–H and O–H groups in total. The molecule has 32 heavy (non-hydrogen) atoms. The molecule has 1 aliphatic carbocycles. The number of hydrogen-bond acceptors (Lipinski definition) is 5. The van der Waals surface area contributed by atoms with Crippen molar-refractivity contribution in [2.45, 2.75) is 25.0 Å². The van der Waals surface area contributed by atoms with Gasteiger partial charge in [-0.1, -0.05) is 18.2 Å². The number of methoxy groups -OCH3 is 2. The van der Waals surface area contributed by atoms with Gasteiger partial charge in [0.05, 0.1) is 20.3 Å². The maximum Gasteiger partial charge on any atom is 0.270 e. The van der Waals surface area contributed by atoms with Crippen LogP contribution < -0.4 is 14.2 Å². The van der Waals surface area contributed by atoms with Gasteiger partial charge in [-0.2, -0.15) is 0 Å². The standard InChI is InChI=1S/C25H28N2O5/c1-30-21-9-5-6-18-17(21)12-19(26-18)25(29)27-13-15-10-20(28)24(11-16(15)14-27)32-23-8-4-3-7-22(23)31-2/h3-9,12,15-16,20,24,26,28H,10-11,13-14H2,1-2H3/t15-,16+,20+,24+/m0/s1. The number of hydrogen-bond donors (Lipinski definition) is 2.